The van der Waals surface area contributed by atoms with E-state index < -0.39 is 10.0 Å². The standard InChI is InChI=1S/C23H32N2O4S/c1-4-6-8-19-10-12-20(13-11-19)24-23(26)9-7-18-25(30(3,27)28)21-14-16-22(17-15-21)29-5-2/h10-17H,4-9,18H2,1-3H3,(H,24,26). The van der Waals surface area contributed by atoms with Crippen LogP contribution in [0.15, 0.2) is 48.5 Å². The lowest BCUT2D eigenvalue weighted by Gasteiger charge is -2.22. The van der Waals surface area contributed by atoms with Gasteiger partial charge in [-0.15, -0.1) is 0 Å². The van der Waals surface area contributed by atoms with Crippen LogP contribution in [0.1, 0.15) is 45.1 Å². The van der Waals surface area contributed by atoms with Gasteiger partial charge < -0.3 is 10.1 Å². The molecule has 0 saturated heterocycles. The van der Waals surface area contributed by atoms with Crippen molar-refractivity contribution in [3.05, 3.63) is 54.1 Å². The summed E-state index contributed by atoms with van der Waals surface area (Å²) in [6.07, 6.45) is 5.17. The SMILES string of the molecule is CCCCc1ccc(NC(=O)CCCN(c2ccc(OCC)cc2)S(C)(=O)=O)cc1. The molecule has 0 spiro atoms. The number of unbranched alkanes of at least 4 members (excludes halogenated alkanes) is 1. The third kappa shape index (κ3) is 7.71. The van der Waals surface area contributed by atoms with Crippen molar-refractivity contribution in [2.24, 2.45) is 0 Å². The highest BCUT2D eigenvalue weighted by molar-refractivity contribution is 7.92. The van der Waals surface area contributed by atoms with Crippen LogP contribution in [0.4, 0.5) is 11.4 Å². The molecule has 30 heavy (non-hydrogen) atoms. The molecule has 0 fully saturated rings. The van der Waals surface area contributed by atoms with E-state index in [9.17, 15) is 13.2 Å². The molecule has 0 radical (unpaired) electrons. The van der Waals surface area contributed by atoms with E-state index in [1.54, 1.807) is 24.3 Å². The summed E-state index contributed by atoms with van der Waals surface area (Å²) in [6, 6.07) is 14.8. The lowest BCUT2D eigenvalue weighted by molar-refractivity contribution is -0.116. The Hall–Kier alpha value is -2.54. The predicted molar refractivity (Wildman–Crippen MR) is 123 cm³/mol. The van der Waals surface area contributed by atoms with Gasteiger partial charge in [-0.1, -0.05) is 25.5 Å². The fraction of sp³-hybridized carbons (Fsp3) is 0.435. The van der Waals surface area contributed by atoms with Crippen molar-refractivity contribution < 1.29 is 17.9 Å². The number of sulfonamides is 1. The normalized spacial score (nSPS) is 11.2. The van der Waals surface area contributed by atoms with Gasteiger partial charge in [-0.05, 0) is 68.1 Å². The Morgan fingerprint density at radius 2 is 1.67 bits per heavy atom. The van der Waals surface area contributed by atoms with Gasteiger partial charge in [0, 0.05) is 18.7 Å². The number of amides is 1. The highest BCUT2D eigenvalue weighted by Gasteiger charge is 2.17. The van der Waals surface area contributed by atoms with Crippen LogP contribution in [0.3, 0.4) is 0 Å². The van der Waals surface area contributed by atoms with Crippen LogP contribution in [0, 0.1) is 0 Å². The van der Waals surface area contributed by atoms with Gasteiger partial charge in [0.2, 0.25) is 15.9 Å². The first kappa shape index (κ1) is 23.7. The van der Waals surface area contributed by atoms with Crippen LogP contribution < -0.4 is 14.4 Å². The van der Waals surface area contributed by atoms with Gasteiger partial charge in [-0.2, -0.15) is 0 Å². The molecule has 0 atom stereocenters. The Morgan fingerprint density at radius 3 is 2.23 bits per heavy atom. The summed E-state index contributed by atoms with van der Waals surface area (Å²) in [5.41, 5.74) is 2.57. The second-order valence-electron chi connectivity index (χ2n) is 7.21. The topological polar surface area (TPSA) is 75.7 Å². The number of carbonyl (C=O) groups is 1. The van der Waals surface area contributed by atoms with E-state index in [1.165, 1.54) is 16.1 Å². The minimum absolute atomic E-state index is 0.128. The number of ether oxygens (including phenoxy) is 1. The van der Waals surface area contributed by atoms with Crippen LogP contribution in [0.2, 0.25) is 0 Å². The molecule has 2 rings (SSSR count). The monoisotopic (exact) mass is 432 g/mol. The van der Waals surface area contributed by atoms with E-state index in [1.807, 2.05) is 31.2 Å². The molecule has 1 amide bonds. The van der Waals surface area contributed by atoms with Crippen molar-refractivity contribution in [1.82, 2.24) is 0 Å². The number of anilines is 2. The highest BCUT2D eigenvalue weighted by atomic mass is 32.2. The second-order valence-corrected chi connectivity index (χ2v) is 9.12. The van der Waals surface area contributed by atoms with Gasteiger partial charge in [0.25, 0.3) is 0 Å². The van der Waals surface area contributed by atoms with Gasteiger partial charge in [0.15, 0.2) is 0 Å². The van der Waals surface area contributed by atoms with Gasteiger partial charge in [0.05, 0.1) is 18.6 Å². The van der Waals surface area contributed by atoms with Crippen LogP contribution in [0.5, 0.6) is 5.75 Å². The van der Waals surface area contributed by atoms with Crippen LogP contribution in [0.25, 0.3) is 0 Å². The molecule has 7 heteroatoms. The number of nitrogens with zero attached hydrogens (tertiary/aromatic N) is 1. The molecular formula is C23H32N2O4S. The molecule has 0 saturated carbocycles. The Morgan fingerprint density at radius 1 is 1.00 bits per heavy atom. The zero-order valence-electron chi connectivity index (χ0n) is 18.1. The molecule has 0 aliphatic carbocycles. The average molecular weight is 433 g/mol. The van der Waals surface area contributed by atoms with E-state index in [-0.39, 0.29) is 18.9 Å². The first-order chi connectivity index (χ1) is 14.3. The third-order valence-corrected chi connectivity index (χ3v) is 5.85. The van der Waals surface area contributed by atoms with Gasteiger partial charge in [-0.3, -0.25) is 9.10 Å². The maximum absolute atomic E-state index is 12.3. The summed E-state index contributed by atoms with van der Waals surface area (Å²) in [4.78, 5) is 12.3. The van der Waals surface area contributed by atoms with Crippen LogP contribution in [-0.2, 0) is 21.2 Å². The molecule has 2 aromatic carbocycles. The van der Waals surface area contributed by atoms with Gasteiger partial charge >= 0.3 is 0 Å². The summed E-state index contributed by atoms with van der Waals surface area (Å²) < 4.78 is 31.1. The lowest BCUT2D eigenvalue weighted by atomic mass is 10.1. The number of aryl methyl sites for hydroxylation is 1. The maximum atomic E-state index is 12.3. The molecule has 1 N–H and O–H groups in total. The second kappa shape index (κ2) is 11.6. The zero-order valence-corrected chi connectivity index (χ0v) is 18.9. The van der Waals surface area contributed by atoms with Gasteiger partial charge in [0.1, 0.15) is 5.75 Å². The Kier molecular flexibility index (Phi) is 9.17. The van der Waals surface area contributed by atoms with Crippen molar-refractivity contribution in [2.75, 3.05) is 29.0 Å². The molecule has 0 bridgehead atoms. The smallest absolute Gasteiger partial charge is 0.232 e. The highest BCUT2D eigenvalue weighted by Crippen LogP contribution is 2.22. The summed E-state index contributed by atoms with van der Waals surface area (Å²) in [6.45, 7) is 4.83. The summed E-state index contributed by atoms with van der Waals surface area (Å²) in [5, 5.41) is 2.88. The van der Waals surface area contributed by atoms with Gasteiger partial charge in [-0.25, -0.2) is 8.42 Å². The molecule has 0 unspecified atom stereocenters. The van der Waals surface area contributed by atoms with Crippen LogP contribution in [-0.4, -0.2) is 33.7 Å². The fourth-order valence-corrected chi connectivity index (χ4v) is 4.07. The quantitative estimate of drug-likeness (QED) is 0.531. The summed E-state index contributed by atoms with van der Waals surface area (Å²) in [7, 11) is -3.45. The average Bonchev–Trinajstić information content (AvgIpc) is 2.71. The maximum Gasteiger partial charge on any atom is 0.232 e. The Labute approximate surface area is 180 Å². The third-order valence-electron chi connectivity index (χ3n) is 4.66. The Balaban J connectivity index is 1.89. The number of carbonyl (C=O) groups excluding carboxylic acids is 1. The molecule has 0 aliphatic heterocycles. The van der Waals surface area contributed by atoms with Crippen LogP contribution >= 0.6 is 0 Å². The molecule has 0 aliphatic rings. The number of hydrogen-bond acceptors (Lipinski definition) is 4. The Bertz CT molecular complexity index is 894. The molecule has 0 heterocycles. The molecule has 2 aromatic rings. The zero-order chi connectivity index (χ0) is 22.0. The summed E-state index contributed by atoms with van der Waals surface area (Å²) in [5.74, 6) is 0.561. The molecule has 0 aromatic heterocycles. The van der Waals surface area contributed by atoms with Crippen molar-refractivity contribution in [1.29, 1.82) is 0 Å². The fourth-order valence-electron chi connectivity index (χ4n) is 3.10. The van der Waals surface area contributed by atoms with E-state index in [2.05, 4.69) is 12.2 Å². The van der Waals surface area contributed by atoms with Crippen molar-refractivity contribution >= 4 is 27.3 Å². The first-order valence-electron chi connectivity index (χ1n) is 10.4. The molecule has 164 valence electrons. The number of nitrogens with one attached hydrogen (secondary N) is 1. The predicted octanol–water partition coefficient (Wildman–Crippen LogP) is 4.61. The first-order valence-corrected chi connectivity index (χ1v) is 12.3. The largest absolute Gasteiger partial charge is 0.494 e. The number of benzene rings is 2. The minimum Gasteiger partial charge on any atom is -0.494 e. The van der Waals surface area contributed by atoms with Crippen molar-refractivity contribution in [2.45, 2.75) is 46.0 Å². The van der Waals surface area contributed by atoms with E-state index in [4.69, 9.17) is 4.74 Å². The lowest BCUT2D eigenvalue weighted by Crippen LogP contribution is -2.31. The van der Waals surface area contributed by atoms with E-state index >= 15 is 0 Å². The van der Waals surface area contributed by atoms with E-state index in [0.29, 0.717) is 24.5 Å². The van der Waals surface area contributed by atoms with E-state index in [0.717, 1.165) is 24.9 Å². The molecular weight excluding hydrogens is 400 g/mol. The van der Waals surface area contributed by atoms with Crippen molar-refractivity contribution in [3.8, 4) is 5.75 Å². The molecule has 6 nitrogen and oxygen atoms in total. The number of hydrogen-bond donors (Lipinski definition) is 1. The summed E-state index contributed by atoms with van der Waals surface area (Å²) >= 11 is 0. The van der Waals surface area contributed by atoms with Crippen molar-refractivity contribution in [3.63, 3.8) is 0 Å². The minimum atomic E-state index is -3.45. The number of rotatable bonds is 12.